The highest BCUT2D eigenvalue weighted by Gasteiger charge is 2.16. The Balaban J connectivity index is 1.59. The van der Waals surface area contributed by atoms with Crippen molar-refractivity contribution in [3.8, 4) is 5.69 Å². The Morgan fingerprint density at radius 1 is 1.04 bits per heavy atom. The van der Waals surface area contributed by atoms with Crippen LogP contribution in [-0.4, -0.2) is 18.0 Å². The molecule has 1 aliphatic heterocycles. The zero-order chi connectivity index (χ0) is 17.2. The molecule has 0 bridgehead atoms. The summed E-state index contributed by atoms with van der Waals surface area (Å²) in [6.45, 7) is 10.1. The summed E-state index contributed by atoms with van der Waals surface area (Å²) in [5.41, 5.74) is 11.7. The topological polar surface area (TPSA) is 3.24 Å². The van der Waals surface area contributed by atoms with Gasteiger partial charge in [0.15, 0.2) is 0 Å². The molecule has 24 heavy (non-hydrogen) atoms. The van der Waals surface area contributed by atoms with Crippen LogP contribution in [0.4, 0.5) is 0 Å². The maximum atomic E-state index is 5.67. The first kappa shape index (κ1) is 17.2. The lowest BCUT2D eigenvalue weighted by Gasteiger charge is -2.29. The molecule has 0 saturated carbocycles. The summed E-state index contributed by atoms with van der Waals surface area (Å²) in [5.74, 6) is 0. The van der Waals surface area contributed by atoms with Crippen molar-refractivity contribution < 1.29 is 0 Å². The van der Waals surface area contributed by atoms with Crippen LogP contribution in [0.2, 0.25) is 0 Å². The first-order chi connectivity index (χ1) is 11.5. The third-order valence-electron chi connectivity index (χ3n) is 4.94. The number of hydrogen-bond acceptors (Lipinski definition) is 1. The first-order valence-electron chi connectivity index (χ1n) is 8.76. The average Bonchev–Trinajstić information content (AvgIpc) is 2.59. The van der Waals surface area contributed by atoms with Crippen LogP contribution in [-0.2, 0) is 24.8 Å². The molecule has 2 heteroatoms. The number of benzene rings is 2. The first-order valence-corrected chi connectivity index (χ1v) is 9.64. The Kier molecular flexibility index (Phi) is 5.10. The molecule has 0 spiro atoms. The zero-order valence-electron chi connectivity index (χ0n) is 15.0. The lowest BCUT2D eigenvalue weighted by atomic mass is 9.86. The van der Waals surface area contributed by atoms with Gasteiger partial charge in [-0.3, -0.25) is 4.90 Å². The lowest BCUT2D eigenvalue weighted by Crippen LogP contribution is -2.32. The fourth-order valence-electron chi connectivity index (χ4n) is 3.31. The van der Waals surface area contributed by atoms with Crippen LogP contribution in [0.1, 0.15) is 43.0 Å². The molecule has 0 aliphatic carbocycles. The number of nitrogens with zero attached hydrogens (tertiary/aromatic N) is 1. The Morgan fingerprint density at radius 2 is 1.79 bits per heavy atom. The Labute approximate surface area is 150 Å². The van der Waals surface area contributed by atoms with E-state index in [1.165, 1.54) is 38.3 Å². The van der Waals surface area contributed by atoms with Gasteiger partial charge in [-0.25, -0.2) is 0 Å². The second-order valence-electron chi connectivity index (χ2n) is 7.77. The van der Waals surface area contributed by atoms with Gasteiger partial charge >= 0.3 is 0 Å². The summed E-state index contributed by atoms with van der Waals surface area (Å²) in [5, 5.41) is 0. The highest BCUT2D eigenvalue weighted by Crippen LogP contribution is 2.24. The third kappa shape index (κ3) is 4.08. The highest BCUT2D eigenvalue weighted by molar-refractivity contribution is 7.88. The molecule has 0 amide bonds. The summed E-state index contributed by atoms with van der Waals surface area (Å²) in [6.07, 6.45) is 2.25. The monoisotopic (exact) mass is 337 g/mol. The van der Waals surface area contributed by atoms with Crippen molar-refractivity contribution >= 4 is 11.2 Å². The van der Waals surface area contributed by atoms with E-state index in [0.29, 0.717) is 0 Å². The van der Waals surface area contributed by atoms with Crippen LogP contribution in [0.3, 0.4) is 0 Å². The molecule has 2 aromatic rings. The van der Waals surface area contributed by atoms with Crippen molar-refractivity contribution in [2.24, 2.45) is 0 Å². The fourth-order valence-corrected chi connectivity index (χ4v) is 3.67. The molecule has 0 radical (unpaired) electrons. The maximum absolute atomic E-state index is 5.67. The summed E-state index contributed by atoms with van der Waals surface area (Å²) in [6, 6.07) is 15.8. The maximum Gasteiger partial charge on any atom is 0.0351 e. The van der Waals surface area contributed by atoms with E-state index < -0.39 is 0 Å². The van der Waals surface area contributed by atoms with Crippen LogP contribution in [0.15, 0.2) is 47.4 Å². The average molecular weight is 338 g/mol. The number of fused-ring (bicyclic) bond motifs is 1. The highest BCUT2D eigenvalue weighted by atomic mass is 32.1. The number of hydrogen-bond donors (Lipinski definition) is 0. The molecule has 126 valence electrons. The summed E-state index contributed by atoms with van der Waals surface area (Å²) in [7, 11) is 0. The molecule has 0 atom stereocenters. The van der Waals surface area contributed by atoms with Crippen molar-refractivity contribution in [2.45, 2.75) is 50.5 Å². The minimum Gasteiger partial charge on any atom is -0.298 e. The molecule has 1 aliphatic rings. The van der Waals surface area contributed by atoms with Crippen LogP contribution in [0, 0.1) is 5.69 Å². The van der Waals surface area contributed by atoms with Gasteiger partial charge < -0.3 is 0 Å². The summed E-state index contributed by atoms with van der Waals surface area (Å²) in [4.78, 5) is 3.73. The second kappa shape index (κ2) is 7.11. The smallest absolute Gasteiger partial charge is 0.0351 e. The molecular weight excluding hydrogens is 310 g/mol. The van der Waals surface area contributed by atoms with Crippen LogP contribution < -0.4 is 0 Å². The van der Waals surface area contributed by atoms with E-state index in [1.807, 2.05) is 0 Å². The van der Waals surface area contributed by atoms with Gasteiger partial charge in [-0.15, -0.1) is 16.9 Å². The molecule has 0 N–H and O–H groups in total. The molecule has 0 aromatic heterocycles. The SMILES string of the molecule is C#Sc1ccc2c(c1)CCN(CCc1ccc(C(C)(C)C)cc1)C2. The summed E-state index contributed by atoms with van der Waals surface area (Å²) < 4.78 is 0. The van der Waals surface area contributed by atoms with Gasteiger partial charge in [0.1, 0.15) is 0 Å². The fraction of sp³-hybridized carbons (Fsp3) is 0.409. The van der Waals surface area contributed by atoms with E-state index in [4.69, 9.17) is 5.69 Å². The van der Waals surface area contributed by atoms with E-state index in [1.54, 1.807) is 0 Å². The predicted molar refractivity (Wildman–Crippen MR) is 105 cm³/mol. The molecular formula is C22H27NS. The van der Waals surface area contributed by atoms with Crippen LogP contribution in [0.25, 0.3) is 0 Å². The predicted octanol–water partition coefficient (Wildman–Crippen LogP) is 5.27. The Hall–Kier alpha value is -1.60. The normalized spacial score (nSPS) is 15.1. The quantitative estimate of drug-likeness (QED) is 0.738. The van der Waals surface area contributed by atoms with Crippen LogP contribution >= 0.6 is 11.2 Å². The van der Waals surface area contributed by atoms with Gasteiger partial charge in [0, 0.05) is 24.5 Å². The third-order valence-corrected chi connectivity index (χ3v) is 5.47. The molecule has 1 nitrogen and oxygen atoms in total. The minimum absolute atomic E-state index is 0.232. The van der Waals surface area contributed by atoms with Gasteiger partial charge in [0.25, 0.3) is 0 Å². The van der Waals surface area contributed by atoms with Crippen molar-refractivity contribution in [1.29, 1.82) is 0 Å². The van der Waals surface area contributed by atoms with Gasteiger partial charge in [-0.1, -0.05) is 51.1 Å². The van der Waals surface area contributed by atoms with Gasteiger partial charge in [0.2, 0.25) is 0 Å². The van der Waals surface area contributed by atoms with E-state index in [9.17, 15) is 0 Å². The van der Waals surface area contributed by atoms with E-state index in [0.717, 1.165) is 32.5 Å². The molecule has 1 heterocycles. The van der Waals surface area contributed by atoms with Crippen molar-refractivity contribution in [3.63, 3.8) is 0 Å². The van der Waals surface area contributed by atoms with Crippen molar-refractivity contribution in [2.75, 3.05) is 13.1 Å². The van der Waals surface area contributed by atoms with E-state index in [-0.39, 0.29) is 5.41 Å². The van der Waals surface area contributed by atoms with Gasteiger partial charge in [-0.05, 0) is 52.6 Å². The summed E-state index contributed by atoms with van der Waals surface area (Å²) >= 11 is 1.34. The number of rotatable bonds is 3. The molecule has 0 saturated heterocycles. The standard InChI is InChI=1S/C22H27NS/c1-22(2,3)20-8-5-17(6-9-20)11-13-23-14-12-18-15-21(24-4)10-7-19(18)16-23/h4-10,15H,11-14,16H2,1-3H3. The second-order valence-corrected chi connectivity index (χ2v) is 8.48. The Morgan fingerprint density at radius 3 is 2.46 bits per heavy atom. The zero-order valence-corrected chi connectivity index (χ0v) is 15.8. The molecule has 3 rings (SSSR count). The molecule has 0 fully saturated rings. The van der Waals surface area contributed by atoms with Crippen molar-refractivity contribution in [1.82, 2.24) is 4.90 Å². The van der Waals surface area contributed by atoms with Gasteiger partial charge in [-0.2, -0.15) is 0 Å². The van der Waals surface area contributed by atoms with Crippen LogP contribution in [0.5, 0.6) is 0 Å². The van der Waals surface area contributed by atoms with Gasteiger partial charge in [0.05, 0.1) is 0 Å². The van der Waals surface area contributed by atoms with Crippen molar-refractivity contribution in [3.05, 3.63) is 64.7 Å². The Bertz CT molecular complexity index is 747. The largest absolute Gasteiger partial charge is 0.298 e. The minimum atomic E-state index is 0.232. The van der Waals surface area contributed by atoms with E-state index >= 15 is 0 Å². The van der Waals surface area contributed by atoms with E-state index in [2.05, 4.69) is 68.1 Å². The molecule has 0 unspecified atom stereocenters. The lowest BCUT2D eigenvalue weighted by molar-refractivity contribution is 0.257. The molecule has 2 aromatic carbocycles.